The van der Waals surface area contributed by atoms with Gasteiger partial charge in [-0.2, -0.15) is 0 Å². The summed E-state index contributed by atoms with van der Waals surface area (Å²) in [6.07, 6.45) is 74.4. The van der Waals surface area contributed by atoms with Crippen molar-refractivity contribution in [3.05, 3.63) is 72.9 Å². The molecule has 0 rings (SSSR count). The molecule has 0 aromatic carbocycles. The number of likely N-dealkylation sites (N-methyl/N-ethyl adjacent to an activating group) is 1. The number of quaternary nitrogens is 1. The molecule has 0 bridgehead atoms. The summed E-state index contributed by atoms with van der Waals surface area (Å²) in [6.45, 7) is 6.74. The molecule has 0 aliphatic rings. The Morgan fingerprint density at radius 2 is 0.821 bits per heavy atom. The molecule has 3 atom stereocenters. The molecular weight excluding hydrogens is 988 g/mol. The second-order valence-corrected chi connectivity index (χ2v) is 24.7. The Morgan fingerprint density at radius 3 is 1.23 bits per heavy atom. The van der Waals surface area contributed by atoms with Gasteiger partial charge >= 0.3 is 5.97 Å². The van der Waals surface area contributed by atoms with Crippen LogP contribution in [0, 0.1) is 0 Å². The topological polar surface area (TPSA) is 114 Å². The van der Waals surface area contributed by atoms with Gasteiger partial charge in [-0.15, -0.1) is 0 Å². The summed E-state index contributed by atoms with van der Waals surface area (Å²) in [6, 6.07) is -0.897. The zero-order chi connectivity index (χ0) is 57.2. The van der Waals surface area contributed by atoms with Crippen molar-refractivity contribution in [1.82, 2.24) is 5.32 Å². The smallest absolute Gasteiger partial charge is 0.306 e. The molecule has 10 heteroatoms. The lowest BCUT2D eigenvalue weighted by atomic mass is 10.0. The molecule has 3 unspecified atom stereocenters. The van der Waals surface area contributed by atoms with E-state index in [4.69, 9.17) is 13.8 Å². The van der Waals surface area contributed by atoms with Gasteiger partial charge in [0.25, 0.3) is 7.82 Å². The highest BCUT2D eigenvalue weighted by Crippen LogP contribution is 2.38. The first-order chi connectivity index (χ1) is 37.9. The van der Waals surface area contributed by atoms with Crippen LogP contribution < -0.4 is 10.2 Å². The van der Waals surface area contributed by atoms with E-state index in [0.29, 0.717) is 23.9 Å². The van der Waals surface area contributed by atoms with Gasteiger partial charge in [0.2, 0.25) is 5.91 Å². The standard InChI is InChI=1S/C68H125N2O7P/c1-7-10-13-16-19-22-25-28-30-32-34-35-37-39-41-43-46-49-52-55-58-61-68(72)77-66(59-56-53-50-47-44-27-24-21-18-15-12-9-3)65(64-76-78(73,74)75-63-62-70(4,5)6)69-67(71)60-57-54-51-48-45-42-40-38-36-33-31-29-26-23-20-17-14-11-8-2/h10,13,19,22,28,30,34-35,39,41,56,59,65-66H,7-9,11-12,14-18,20-21,23-27,29,31-33,36-38,40,42-55,57-58,60-64H2,1-6H3,(H-,69,71,73,74)/b13-10-,22-19-,30-28-,35-34-,41-39-,59-56+. The van der Waals surface area contributed by atoms with Gasteiger partial charge in [-0.3, -0.25) is 14.2 Å². The number of amides is 1. The van der Waals surface area contributed by atoms with Gasteiger partial charge in [0.05, 0.1) is 33.8 Å². The fourth-order valence-electron chi connectivity index (χ4n) is 9.37. The summed E-state index contributed by atoms with van der Waals surface area (Å²) in [4.78, 5) is 40.1. The number of nitrogens with one attached hydrogen (secondary N) is 1. The highest BCUT2D eigenvalue weighted by Gasteiger charge is 2.27. The Bertz CT molecular complexity index is 1570. The number of carbonyl (C=O) groups is 2. The summed E-state index contributed by atoms with van der Waals surface area (Å²) in [5.74, 6) is -0.555. The maximum absolute atomic E-state index is 13.6. The molecule has 78 heavy (non-hydrogen) atoms. The molecule has 0 spiro atoms. The van der Waals surface area contributed by atoms with E-state index in [0.717, 1.165) is 103 Å². The van der Waals surface area contributed by atoms with E-state index in [1.807, 2.05) is 33.3 Å². The predicted octanol–water partition coefficient (Wildman–Crippen LogP) is 19.8. The van der Waals surface area contributed by atoms with Gasteiger partial charge in [0.15, 0.2) is 0 Å². The molecule has 0 aliphatic heterocycles. The SMILES string of the molecule is CC/C=C\C/C=C\C/C=C\C/C=C\C/C=C\CCCCCCCC(=O)OC(/C=C/CCCCCCCCCCCC)C(COP(=O)([O-])OCC[N+](C)(C)C)NC(=O)CCCCCCCCCCCCCCCCCCCCC. The fourth-order valence-corrected chi connectivity index (χ4v) is 10.1. The number of nitrogens with zero attached hydrogens (tertiary/aromatic N) is 1. The van der Waals surface area contributed by atoms with Crippen LogP contribution in [0.4, 0.5) is 0 Å². The molecule has 0 saturated carbocycles. The lowest BCUT2D eigenvalue weighted by Crippen LogP contribution is -2.47. The molecule has 454 valence electrons. The van der Waals surface area contributed by atoms with Gasteiger partial charge in [0, 0.05) is 12.8 Å². The molecule has 0 saturated heterocycles. The molecule has 0 aromatic heterocycles. The summed E-state index contributed by atoms with van der Waals surface area (Å²) in [5.41, 5.74) is 0. The Kier molecular flexibility index (Phi) is 55.8. The maximum Gasteiger partial charge on any atom is 0.306 e. The first-order valence-electron chi connectivity index (χ1n) is 32.7. The highest BCUT2D eigenvalue weighted by atomic mass is 31.2. The average Bonchev–Trinajstić information content (AvgIpc) is 3.40. The normalized spacial score (nSPS) is 14.1. The molecule has 1 N–H and O–H groups in total. The van der Waals surface area contributed by atoms with Gasteiger partial charge in [-0.05, 0) is 76.7 Å². The van der Waals surface area contributed by atoms with Crippen LogP contribution in [0.2, 0.25) is 0 Å². The van der Waals surface area contributed by atoms with Gasteiger partial charge in [-0.1, -0.05) is 280 Å². The summed E-state index contributed by atoms with van der Waals surface area (Å²) < 4.78 is 30.4. The Labute approximate surface area is 483 Å². The second kappa shape index (κ2) is 57.7. The van der Waals surface area contributed by atoms with Crippen molar-refractivity contribution in [2.24, 2.45) is 0 Å². The third kappa shape index (κ3) is 58.1. The van der Waals surface area contributed by atoms with Gasteiger partial charge in [0.1, 0.15) is 19.3 Å². The van der Waals surface area contributed by atoms with Crippen LogP contribution >= 0.6 is 7.82 Å². The maximum atomic E-state index is 13.6. The second-order valence-electron chi connectivity index (χ2n) is 23.2. The zero-order valence-electron chi connectivity index (χ0n) is 51.9. The minimum Gasteiger partial charge on any atom is -0.756 e. The monoisotopic (exact) mass is 1110 g/mol. The molecule has 0 aliphatic carbocycles. The molecule has 0 fully saturated rings. The number of rotatable bonds is 59. The van der Waals surface area contributed by atoms with Crippen molar-refractivity contribution in [3.8, 4) is 0 Å². The first-order valence-corrected chi connectivity index (χ1v) is 34.2. The van der Waals surface area contributed by atoms with Crippen LogP contribution in [0.25, 0.3) is 0 Å². The molecule has 9 nitrogen and oxygen atoms in total. The van der Waals surface area contributed by atoms with Crippen LogP contribution in [-0.4, -0.2) is 69.4 Å². The predicted molar refractivity (Wildman–Crippen MR) is 335 cm³/mol. The zero-order valence-corrected chi connectivity index (χ0v) is 52.8. The largest absolute Gasteiger partial charge is 0.756 e. The molecular formula is C68H125N2O7P. The van der Waals surface area contributed by atoms with E-state index in [2.05, 4.69) is 86.8 Å². The number of ether oxygens (including phenoxy) is 1. The van der Waals surface area contributed by atoms with Crippen molar-refractivity contribution < 1.29 is 37.3 Å². The van der Waals surface area contributed by atoms with Crippen LogP contribution in [0.5, 0.6) is 0 Å². The Morgan fingerprint density at radius 1 is 0.462 bits per heavy atom. The number of phosphoric acid groups is 1. The summed E-state index contributed by atoms with van der Waals surface area (Å²) in [7, 11) is 1.18. The van der Waals surface area contributed by atoms with E-state index in [-0.39, 0.29) is 24.9 Å². The van der Waals surface area contributed by atoms with Gasteiger partial charge < -0.3 is 28.5 Å². The number of unbranched alkanes of at least 4 members (excludes halogenated alkanes) is 33. The highest BCUT2D eigenvalue weighted by molar-refractivity contribution is 7.45. The van der Waals surface area contributed by atoms with Crippen molar-refractivity contribution >= 4 is 19.7 Å². The van der Waals surface area contributed by atoms with Crippen LogP contribution in [-0.2, 0) is 27.9 Å². The fraction of sp³-hybridized carbons (Fsp3) is 0.794. The van der Waals surface area contributed by atoms with E-state index >= 15 is 0 Å². The van der Waals surface area contributed by atoms with E-state index in [9.17, 15) is 19.0 Å². The molecule has 0 heterocycles. The number of hydrogen-bond acceptors (Lipinski definition) is 7. The molecule has 0 radical (unpaired) electrons. The van der Waals surface area contributed by atoms with Crippen LogP contribution in [0.1, 0.15) is 297 Å². The number of hydrogen-bond donors (Lipinski definition) is 1. The van der Waals surface area contributed by atoms with E-state index < -0.39 is 26.6 Å². The number of allylic oxidation sites excluding steroid dienone is 11. The van der Waals surface area contributed by atoms with Gasteiger partial charge in [-0.25, -0.2) is 0 Å². The Balaban J connectivity index is 5.22. The van der Waals surface area contributed by atoms with Crippen LogP contribution in [0.3, 0.4) is 0 Å². The third-order valence-corrected chi connectivity index (χ3v) is 15.4. The summed E-state index contributed by atoms with van der Waals surface area (Å²) >= 11 is 0. The van der Waals surface area contributed by atoms with Crippen molar-refractivity contribution in [1.29, 1.82) is 0 Å². The number of carbonyl (C=O) groups excluding carboxylic acids is 2. The number of phosphoric ester groups is 1. The van der Waals surface area contributed by atoms with Crippen molar-refractivity contribution in [2.45, 2.75) is 309 Å². The third-order valence-electron chi connectivity index (χ3n) is 14.4. The van der Waals surface area contributed by atoms with E-state index in [1.54, 1.807) is 0 Å². The minimum atomic E-state index is -4.71. The summed E-state index contributed by atoms with van der Waals surface area (Å²) in [5, 5.41) is 3.03. The minimum absolute atomic E-state index is 0.0265. The average molecular weight is 1110 g/mol. The molecule has 0 aromatic rings. The lowest BCUT2D eigenvalue weighted by Gasteiger charge is -2.30. The van der Waals surface area contributed by atoms with Crippen molar-refractivity contribution in [2.75, 3.05) is 40.9 Å². The lowest BCUT2D eigenvalue weighted by molar-refractivity contribution is -0.870. The molecule has 1 amide bonds. The number of esters is 1. The van der Waals surface area contributed by atoms with E-state index in [1.165, 1.54) is 154 Å². The quantitative estimate of drug-likeness (QED) is 0.0212. The Hall–Kier alpha value is -2.55. The van der Waals surface area contributed by atoms with Crippen molar-refractivity contribution in [3.63, 3.8) is 0 Å². The first kappa shape index (κ1) is 75.5. The van der Waals surface area contributed by atoms with Crippen LogP contribution in [0.15, 0.2) is 72.9 Å².